The first-order valence-corrected chi connectivity index (χ1v) is 11.4. The molecule has 0 radical (unpaired) electrons. The molecule has 0 unspecified atom stereocenters. The van der Waals surface area contributed by atoms with Crippen molar-refractivity contribution < 1.29 is 4.74 Å². The van der Waals surface area contributed by atoms with Crippen LogP contribution in [0.5, 0.6) is 5.75 Å². The van der Waals surface area contributed by atoms with E-state index in [0.717, 1.165) is 39.9 Å². The van der Waals surface area contributed by atoms with Gasteiger partial charge in [0.1, 0.15) is 10.6 Å². The summed E-state index contributed by atoms with van der Waals surface area (Å²) in [7, 11) is 0. The SMILES string of the molecule is O=c1c2c(-c3ccc4c(c3)CCCC4)csc2ncn1CCCOc1ccccc1. The van der Waals surface area contributed by atoms with Gasteiger partial charge in [0.25, 0.3) is 5.56 Å². The minimum Gasteiger partial charge on any atom is -0.494 e. The van der Waals surface area contributed by atoms with Crippen molar-refractivity contribution in [3.63, 3.8) is 0 Å². The summed E-state index contributed by atoms with van der Waals surface area (Å²) in [5, 5.41) is 2.81. The number of aryl methyl sites for hydroxylation is 3. The van der Waals surface area contributed by atoms with E-state index < -0.39 is 0 Å². The number of nitrogens with zero attached hydrogens (tertiary/aromatic N) is 2. The third kappa shape index (κ3) is 3.77. The third-order valence-corrected chi connectivity index (χ3v) is 6.66. The first-order valence-electron chi connectivity index (χ1n) is 10.6. The van der Waals surface area contributed by atoms with Gasteiger partial charge in [-0.05, 0) is 60.9 Å². The van der Waals surface area contributed by atoms with E-state index in [1.165, 1.54) is 30.4 Å². The summed E-state index contributed by atoms with van der Waals surface area (Å²) in [6.07, 6.45) is 7.24. The Morgan fingerprint density at radius 3 is 2.73 bits per heavy atom. The number of thiophene rings is 1. The summed E-state index contributed by atoms with van der Waals surface area (Å²) in [6.45, 7) is 1.16. The molecule has 152 valence electrons. The first kappa shape index (κ1) is 19.1. The lowest BCUT2D eigenvalue weighted by molar-refractivity contribution is 0.301. The maximum absolute atomic E-state index is 13.2. The summed E-state index contributed by atoms with van der Waals surface area (Å²) < 4.78 is 7.47. The van der Waals surface area contributed by atoms with Crippen molar-refractivity contribution in [3.8, 4) is 16.9 Å². The Bertz CT molecular complexity index is 1230. The average molecular weight is 417 g/mol. The van der Waals surface area contributed by atoms with Crippen molar-refractivity contribution in [2.24, 2.45) is 0 Å². The zero-order valence-electron chi connectivity index (χ0n) is 16.8. The third-order valence-electron chi connectivity index (χ3n) is 5.78. The second-order valence-electron chi connectivity index (χ2n) is 7.78. The molecule has 0 aliphatic heterocycles. The number of hydrogen-bond donors (Lipinski definition) is 0. The van der Waals surface area contributed by atoms with Crippen molar-refractivity contribution in [2.75, 3.05) is 6.61 Å². The predicted octanol–water partition coefficient (Wildman–Crippen LogP) is 5.47. The van der Waals surface area contributed by atoms with Crippen molar-refractivity contribution in [2.45, 2.75) is 38.6 Å². The van der Waals surface area contributed by atoms with Crippen LogP contribution < -0.4 is 10.3 Å². The van der Waals surface area contributed by atoms with Gasteiger partial charge in [-0.15, -0.1) is 11.3 Å². The van der Waals surface area contributed by atoms with Gasteiger partial charge in [-0.25, -0.2) is 4.98 Å². The number of ether oxygens (including phenoxy) is 1. The highest BCUT2D eigenvalue weighted by Crippen LogP contribution is 2.33. The molecule has 2 aromatic heterocycles. The molecule has 0 spiro atoms. The summed E-state index contributed by atoms with van der Waals surface area (Å²) in [5.41, 5.74) is 5.06. The smallest absolute Gasteiger partial charge is 0.262 e. The van der Waals surface area contributed by atoms with Gasteiger partial charge in [0, 0.05) is 17.5 Å². The number of rotatable bonds is 6. The van der Waals surface area contributed by atoms with Crippen LogP contribution in [0.4, 0.5) is 0 Å². The van der Waals surface area contributed by atoms with E-state index >= 15 is 0 Å². The molecule has 5 heteroatoms. The van der Waals surface area contributed by atoms with Gasteiger partial charge in [0.05, 0.1) is 18.3 Å². The lowest BCUT2D eigenvalue weighted by Gasteiger charge is -2.16. The predicted molar refractivity (Wildman–Crippen MR) is 123 cm³/mol. The minimum absolute atomic E-state index is 0.0358. The zero-order chi connectivity index (χ0) is 20.3. The maximum atomic E-state index is 13.2. The highest BCUT2D eigenvalue weighted by atomic mass is 32.1. The molecule has 2 heterocycles. The molecule has 0 saturated carbocycles. The molecule has 4 aromatic rings. The van der Waals surface area contributed by atoms with Crippen molar-refractivity contribution in [1.82, 2.24) is 9.55 Å². The summed E-state index contributed by atoms with van der Waals surface area (Å²) in [5.74, 6) is 0.853. The van der Waals surface area contributed by atoms with Gasteiger partial charge in [-0.1, -0.05) is 36.4 Å². The fraction of sp³-hybridized carbons (Fsp3) is 0.280. The molecule has 0 fully saturated rings. The van der Waals surface area contributed by atoms with E-state index in [0.29, 0.717) is 13.2 Å². The van der Waals surface area contributed by atoms with E-state index in [1.807, 2.05) is 30.3 Å². The highest BCUT2D eigenvalue weighted by molar-refractivity contribution is 7.17. The summed E-state index contributed by atoms with van der Waals surface area (Å²) in [4.78, 5) is 18.6. The molecule has 1 aliphatic rings. The summed E-state index contributed by atoms with van der Waals surface area (Å²) in [6, 6.07) is 16.4. The van der Waals surface area contributed by atoms with Gasteiger partial charge >= 0.3 is 0 Å². The van der Waals surface area contributed by atoms with Gasteiger partial charge in [-0.2, -0.15) is 0 Å². The lowest BCUT2D eigenvalue weighted by atomic mass is 9.89. The maximum Gasteiger partial charge on any atom is 0.262 e. The minimum atomic E-state index is 0.0358. The molecular weight excluding hydrogens is 392 g/mol. The molecule has 0 bridgehead atoms. The Kier molecular flexibility index (Phi) is 5.37. The topological polar surface area (TPSA) is 44.1 Å². The van der Waals surface area contributed by atoms with Crippen LogP contribution in [0.3, 0.4) is 0 Å². The monoisotopic (exact) mass is 416 g/mol. The van der Waals surface area contributed by atoms with Crippen LogP contribution in [0.1, 0.15) is 30.4 Å². The lowest BCUT2D eigenvalue weighted by Crippen LogP contribution is -2.21. The van der Waals surface area contributed by atoms with E-state index in [-0.39, 0.29) is 5.56 Å². The van der Waals surface area contributed by atoms with Crippen LogP contribution in [0.2, 0.25) is 0 Å². The Hall–Kier alpha value is -2.92. The van der Waals surface area contributed by atoms with Crippen LogP contribution in [-0.4, -0.2) is 16.2 Å². The average Bonchev–Trinajstić information content (AvgIpc) is 3.23. The van der Waals surface area contributed by atoms with E-state index in [1.54, 1.807) is 22.2 Å². The molecule has 1 aliphatic carbocycles. The second kappa shape index (κ2) is 8.44. The summed E-state index contributed by atoms with van der Waals surface area (Å²) >= 11 is 1.55. The van der Waals surface area contributed by atoms with Crippen LogP contribution in [0.25, 0.3) is 21.3 Å². The molecule has 0 N–H and O–H groups in total. The fourth-order valence-corrected chi connectivity index (χ4v) is 5.09. The van der Waals surface area contributed by atoms with Crippen molar-refractivity contribution >= 4 is 21.6 Å². The van der Waals surface area contributed by atoms with Gasteiger partial charge in [0.15, 0.2) is 0 Å². The fourth-order valence-electron chi connectivity index (χ4n) is 4.18. The van der Waals surface area contributed by atoms with Gasteiger partial charge in [0.2, 0.25) is 0 Å². The molecule has 30 heavy (non-hydrogen) atoms. The number of para-hydroxylation sites is 1. The first-order chi connectivity index (χ1) is 14.8. The molecule has 4 nitrogen and oxygen atoms in total. The number of hydrogen-bond acceptors (Lipinski definition) is 4. The largest absolute Gasteiger partial charge is 0.494 e. The Balaban J connectivity index is 1.38. The Labute approximate surface area is 179 Å². The van der Waals surface area contributed by atoms with Gasteiger partial charge in [-0.3, -0.25) is 9.36 Å². The van der Waals surface area contributed by atoms with Crippen LogP contribution in [-0.2, 0) is 19.4 Å². The normalized spacial score (nSPS) is 13.3. The molecule has 0 saturated heterocycles. The quantitative estimate of drug-likeness (QED) is 0.391. The number of aromatic nitrogens is 2. The van der Waals surface area contributed by atoms with E-state index in [9.17, 15) is 4.79 Å². The van der Waals surface area contributed by atoms with Crippen LogP contribution in [0, 0.1) is 0 Å². The standard InChI is InChI=1S/C25H24N2O2S/c28-25-23-22(20-12-11-18-7-4-5-8-19(18)15-20)16-30-24(23)26-17-27(25)13-6-14-29-21-9-2-1-3-10-21/h1-3,9-12,15-17H,4-8,13-14H2. The van der Waals surface area contributed by atoms with Gasteiger partial charge < -0.3 is 4.74 Å². The molecule has 0 amide bonds. The Morgan fingerprint density at radius 1 is 1.03 bits per heavy atom. The second-order valence-corrected chi connectivity index (χ2v) is 8.64. The van der Waals surface area contributed by atoms with E-state index in [4.69, 9.17) is 4.74 Å². The molecular formula is C25H24N2O2S. The molecule has 5 rings (SSSR count). The highest BCUT2D eigenvalue weighted by Gasteiger charge is 2.16. The number of fused-ring (bicyclic) bond motifs is 2. The Morgan fingerprint density at radius 2 is 1.87 bits per heavy atom. The zero-order valence-corrected chi connectivity index (χ0v) is 17.7. The number of benzene rings is 2. The van der Waals surface area contributed by atoms with E-state index in [2.05, 4.69) is 28.6 Å². The van der Waals surface area contributed by atoms with Crippen molar-refractivity contribution in [3.05, 3.63) is 81.7 Å². The molecule has 0 atom stereocenters. The van der Waals surface area contributed by atoms with Crippen LogP contribution in [0.15, 0.2) is 65.0 Å². The van der Waals surface area contributed by atoms with Crippen molar-refractivity contribution in [1.29, 1.82) is 0 Å². The molecule has 2 aromatic carbocycles. The van der Waals surface area contributed by atoms with Crippen LogP contribution >= 0.6 is 11.3 Å².